The summed E-state index contributed by atoms with van der Waals surface area (Å²) in [7, 11) is 0. The predicted octanol–water partition coefficient (Wildman–Crippen LogP) is 11.6. The van der Waals surface area contributed by atoms with E-state index in [0.29, 0.717) is 30.3 Å². The number of hydrogen-bond donors (Lipinski definition) is 0. The maximum absolute atomic E-state index is 13.1. The van der Waals surface area contributed by atoms with Gasteiger partial charge in [-0.25, -0.2) is 0 Å². The second kappa shape index (κ2) is 14.3. The smallest absolute Gasteiger partial charge is 0.304 e. The first-order chi connectivity index (χ1) is 22.8. The van der Waals surface area contributed by atoms with Crippen molar-refractivity contribution in [1.82, 2.24) is 9.97 Å². The van der Waals surface area contributed by atoms with E-state index in [9.17, 15) is 26.3 Å². The van der Waals surface area contributed by atoms with E-state index in [2.05, 4.69) is 81.2 Å². The van der Waals surface area contributed by atoms with Crippen molar-refractivity contribution in [2.24, 2.45) is 5.92 Å². The molecule has 0 bridgehead atoms. The van der Waals surface area contributed by atoms with Gasteiger partial charge in [0.2, 0.25) is 0 Å². The number of rotatable bonds is 4. The quantitative estimate of drug-likeness (QED) is 0.131. The van der Waals surface area contributed by atoms with Crippen LogP contribution >= 0.6 is 11.3 Å². The Morgan fingerprint density at radius 1 is 0.872 bits per heavy atom. The molecule has 0 atom stereocenters. The number of pyridine rings is 2. The summed E-state index contributed by atoms with van der Waals surface area (Å²) >= 11 is 1.85. The first-order valence-electron chi connectivity index (χ1n) is 15.8. The number of thiophene rings is 1. The van der Waals surface area contributed by atoms with E-state index in [-0.39, 0.29) is 25.7 Å². The second-order valence-corrected chi connectivity index (χ2v) is 12.5. The average Bonchev–Trinajstić information content (AvgIpc) is 3.37. The van der Waals surface area contributed by atoms with Gasteiger partial charge in [0.05, 0.1) is 5.56 Å². The Morgan fingerprint density at radius 3 is 2.30 bits per heavy atom. The molecule has 3 aromatic heterocycles. The summed E-state index contributed by atoms with van der Waals surface area (Å²) in [5.74, 6) is 0.675. The van der Waals surface area contributed by atoms with E-state index in [1.54, 1.807) is 0 Å². The molecule has 10 heteroatoms. The Bertz CT molecular complexity index is 2120. The number of benzene rings is 3. The second-order valence-electron chi connectivity index (χ2n) is 11.4. The zero-order chi connectivity index (χ0) is 35.9. The SMILES string of the molecule is Cc1[c-]c(-c2nccc3c2sc2cc(CC(C)C)ccc23)cc(C)c1.[2H]C([2H])([2H])c1cnc(-c2[c-]ccc(C(F)(F)F)c2)cc1C(F)(F)F.[Ir]. The van der Waals surface area contributed by atoms with Crippen LogP contribution in [0.1, 0.15) is 51.3 Å². The van der Waals surface area contributed by atoms with Gasteiger partial charge in [0.25, 0.3) is 0 Å². The van der Waals surface area contributed by atoms with Crippen molar-refractivity contribution in [3.63, 3.8) is 0 Å². The summed E-state index contributed by atoms with van der Waals surface area (Å²) in [5.41, 5.74) is 1.62. The van der Waals surface area contributed by atoms with Crippen molar-refractivity contribution in [1.29, 1.82) is 0 Å². The Kier molecular flexibility index (Phi) is 9.70. The van der Waals surface area contributed by atoms with Crippen LogP contribution in [0.4, 0.5) is 26.3 Å². The molecule has 247 valence electrons. The molecule has 0 spiro atoms. The molecule has 0 saturated carbocycles. The number of alkyl halides is 6. The Balaban J connectivity index is 0.000000221. The number of aryl methyl sites for hydroxylation is 3. The molecule has 1 radical (unpaired) electrons. The molecule has 6 rings (SSSR count). The summed E-state index contributed by atoms with van der Waals surface area (Å²) in [4.78, 5) is 8.26. The van der Waals surface area contributed by atoms with Crippen LogP contribution in [0.15, 0.2) is 73.1 Å². The third-order valence-corrected chi connectivity index (χ3v) is 8.29. The summed E-state index contributed by atoms with van der Waals surface area (Å²) < 4.78 is 101. The number of aromatic nitrogens is 2. The minimum atomic E-state index is -5.00. The van der Waals surface area contributed by atoms with Gasteiger partial charge < -0.3 is 9.97 Å². The van der Waals surface area contributed by atoms with Crippen molar-refractivity contribution in [2.75, 3.05) is 0 Å². The van der Waals surface area contributed by atoms with Crippen molar-refractivity contribution in [3.05, 3.63) is 119 Å². The molecular formula is C37H30F6IrN2S-2. The molecule has 0 amide bonds. The third-order valence-electron chi connectivity index (χ3n) is 7.11. The van der Waals surface area contributed by atoms with Gasteiger partial charge in [0.15, 0.2) is 0 Å². The molecule has 3 heterocycles. The fourth-order valence-electron chi connectivity index (χ4n) is 5.19. The van der Waals surface area contributed by atoms with Crippen molar-refractivity contribution >= 4 is 31.5 Å². The van der Waals surface area contributed by atoms with Crippen LogP contribution in [0, 0.1) is 38.8 Å². The van der Waals surface area contributed by atoms with Crippen LogP contribution in [0.2, 0.25) is 0 Å². The van der Waals surface area contributed by atoms with Crippen LogP contribution in [-0.4, -0.2) is 9.97 Å². The monoisotopic (exact) mass is 844 g/mol. The van der Waals surface area contributed by atoms with Crippen LogP contribution in [-0.2, 0) is 38.9 Å². The molecule has 0 N–H and O–H groups in total. The Hall–Kier alpha value is -3.59. The molecule has 0 aliphatic rings. The molecule has 0 unspecified atom stereocenters. The first kappa shape index (κ1) is 32.0. The average molecular weight is 844 g/mol. The predicted molar refractivity (Wildman–Crippen MR) is 173 cm³/mol. The number of nitrogens with zero attached hydrogens (tertiary/aromatic N) is 2. The maximum atomic E-state index is 13.1. The van der Waals surface area contributed by atoms with Gasteiger partial charge in [-0.1, -0.05) is 45.9 Å². The first-order valence-corrected chi connectivity index (χ1v) is 15.1. The molecule has 0 saturated heterocycles. The van der Waals surface area contributed by atoms with Crippen LogP contribution < -0.4 is 0 Å². The van der Waals surface area contributed by atoms with Crippen molar-refractivity contribution < 1.29 is 50.6 Å². The summed E-state index contributed by atoms with van der Waals surface area (Å²) in [5, 5.41) is 2.63. The number of halogens is 6. The number of fused-ring (bicyclic) bond motifs is 3. The van der Waals surface area contributed by atoms with E-state index < -0.39 is 41.6 Å². The molecule has 0 fully saturated rings. The summed E-state index contributed by atoms with van der Waals surface area (Å²) in [6, 6.07) is 21.9. The van der Waals surface area contributed by atoms with Crippen molar-refractivity contribution in [2.45, 2.75) is 53.3 Å². The largest absolute Gasteiger partial charge is 0.416 e. The fraction of sp³-hybridized carbons (Fsp3) is 0.243. The zero-order valence-electron chi connectivity index (χ0n) is 28.6. The maximum Gasteiger partial charge on any atom is 0.416 e. The molecule has 6 aromatic rings. The van der Waals surface area contributed by atoms with Gasteiger partial charge >= 0.3 is 12.4 Å². The van der Waals surface area contributed by atoms with Gasteiger partial charge in [-0.3, -0.25) is 0 Å². The molecule has 3 aromatic carbocycles. The topological polar surface area (TPSA) is 25.8 Å². The molecule has 0 aliphatic carbocycles. The Labute approximate surface area is 291 Å². The Morgan fingerprint density at radius 2 is 1.64 bits per heavy atom. The van der Waals surface area contributed by atoms with E-state index in [1.165, 1.54) is 31.3 Å². The molecular weight excluding hydrogens is 811 g/mol. The minimum absolute atomic E-state index is 0. The zero-order valence-corrected chi connectivity index (χ0v) is 28.8. The fourth-order valence-corrected chi connectivity index (χ4v) is 6.45. The normalized spacial score (nSPS) is 13.0. The molecule has 2 nitrogen and oxygen atoms in total. The van der Waals surface area contributed by atoms with Gasteiger partial charge in [-0.05, 0) is 64.5 Å². The van der Waals surface area contributed by atoms with Crippen molar-refractivity contribution in [3.8, 4) is 22.5 Å². The number of hydrogen-bond acceptors (Lipinski definition) is 3. The standard InChI is InChI=1S/C23H22NS.C14H8F6N.Ir/c1-14(2)9-17-5-6-19-20-7-8-24-22(23(20)25-21(19)13-17)18-11-15(3)10-16(4)12-18;1-8-7-21-12(6-11(8)14(18,19)20)9-3-2-4-10(5-9)13(15,16)17;/h5-8,10-11,13-14H,9H2,1-4H3;2,4-7H,1H3;/q2*-1;/i;1D3;. The van der Waals surface area contributed by atoms with E-state index in [1.807, 2.05) is 17.5 Å². The molecule has 47 heavy (non-hydrogen) atoms. The van der Waals surface area contributed by atoms with E-state index >= 15 is 0 Å². The summed E-state index contributed by atoms with van der Waals surface area (Å²) in [6.45, 7) is 5.71. The van der Waals surface area contributed by atoms with Crippen LogP contribution in [0.3, 0.4) is 0 Å². The summed E-state index contributed by atoms with van der Waals surface area (Å²) in [6.07, 6.45) is -6.13. The van der Waals surface area contributed by atoms with Gasteiger partial charge in [-0.15, -0.1) is 76.1 Å². The minimum Gasteiger partial charge on any atom is -0.304 e. The van der Waals surface area contributed by atoms with Gasteiger partial charge in [0, 0.05) is 51.7 Å². The van der Waals surface area contributed by atoms with Gasteiger partial charge in [-0.2, -0.15) is 26.3 Å². The third kappa shape index (κ3) is 8.47. The van der Waals surface area contributed by atoms with Gasteiger partial charge in [0.1, 0.15) is 0 Å². The molecule has 0 aliphatic heterocycles. The van der Waals surface area contributed by atoms with E-state index in [0.717, 1.165) is 29.3 Å². The van der Waals surface area contributed by atoms with Crippen LogP contribution in [0.5, 0.6) is 0 Å². The van der Waals surface area contributed by atoms with Crippen LogP contribution in [0.25, 0.3) is 42.7 Å². The van der Waals surface area contributed by atoms with E-state index in [4.69, 9.17) is 9.10 Å².